The number of amides is 1. The topological polar surface area (TPSA) is 75.4 Å². The van der Waals surface area contributed by atoms with Crippen LogP contribution in [0.3, 0.4) is 0 Å². The first-order valence-corrected chi connectivity index (χ1v) is 8.07. The third kappa shape index (κ3) is 2.78. The molecule has 7 heteroatoms. The lowest BCUT2D eigenvalue weighted by Gasteiger charge is -2.34. The Kier molecular flexibility index (Phi) is 4.32. The molecule has 0 fully saturated rings. The summed E-state index contributed by atoms with van der Waals surface area (Å²) in [6.45, 7) is 3.91. The van der Waals surface area contributed by atoms with Gasteiger partial charge >= 0.3 is 5.97 Å². The summed E-state index contributed by atoms with van der Waals surface area (Å²) in [5.74, 6) is -1.30. The smallest absolute Gasteiger partial charge is 0.331 e. The second-order valence-electron chi connectivity index (χ2n) is 5.92. The van der Waals surface area contributed by atoms with E-state index in [1.54, 1.807) is 26.0 Å². The van der Waals surface area contributed by atoms with E-state index in [2.05, 4.69) is 5.10 Å². The van der Waals surface area contributed by atoms with Crippen molar-refractivity contribution in [3.8, 4) is 0 Å². The van der Waals surface area contributed by atoms with Crippen LogP contribution in [0.4, 0.5) is 0 Å². The Hall–Kier alpha value is -2.34. The number of carbonyl (C=O) groups is 2. The molecule has 0 saturated heterocycles. The van der Waals surface area contributed by atoms with Gasteiger partial charge in [-0.1, -0.05) is 35.9 Å². The summed E-state index contributed by atoms with van der Waals surface area (Å²) in [6.07, 6.45) is 0.642. The summed E-state index contributed by atoms with van der Waals surface area (Å²) in [5.41, 5.74) is 3.01. The highest BCUT2D eigenvalue weighted by Crippen LogP contribution is 2.30. The molecule has 1 N–H and O–H groups in total. The van der Waals surface area contributed by atoms with Crippen LogP contribution in [0.1, 0.15) is 28.6 Å². The van der Waals surface area contributed by atoms with Crippen LogP contribution >= 0.6 is 11.6 Å². The molecule has 1 atom stereocenters. The molecule has 1 amide bonds. The maximum atomic E-state index is 12.7. The number of nitrogens with zero attached hydrogens (tertiary/aromatic N) is 3. The molecule has 126 valence electrons. The van der Waals surface area contributed by atoms with Gasteiger partial charge in [-0.25, -0.2) is 4.79 Å². The Bertz CT molecular complexity index is 815. The number of carboxylic acids is 1. The number of hydrogen-bond donors (Lipinski definition) is 1. The van der Waals surface area contributed by atoms with E-state index in [1.807, 2.05) is 12.1 Å². The first-order valence-electron chi connectivity index (χ1n) is 7.69. The Balaban J connectivity index is 1.89. The molecular weight excluding hydrogens is 330 g/mol. The van der Waals surface area contributed by atoms with Gasteiger partial charge in [0, 0.05) is 6.54 Å². The fourth-order valence-electron chi connectivity index (χ4n) is 3.15. The van der Waals surface area contributed by atoms with Gasteiger partial charge in [0.2, 0.25) is 5.91 Å². The molecule has 2 heterocycles. The van der Waals surface area contributed by atoms with Crippen LogP contribution in [0, 0.1) is 13.8 Å². The monoisotopic (exact) mass is 347 g/mol. The van der Waals surface area contributed by atoms with Gasteiger partial charge in [0.25, 0.3) is 0 Å². The molecule has 1 aromatic heterocycles. The molecule has 24 heavy (non-hydrogen) atoms. The van der Waals surface area contributed by atoms with E-state index < -0.39 is 12.0 Å². The van der Waals surface area contributed by atoms with Crippen molar-refractivity contribution < 1.29 is 14.7 Å². The van der Waals surface area contributed by atoms with Gasteiger partial charge < -0.3 is 10.0 Å². The largest absolute Gasteiger partial charge is 0.479 e. The van der Waals surface area contributed by atoms with Crippen molar-refractivity contribution in [2.75, 3.05) is 6.54 Å². The molecular formula is C17H18ClN3O3. The Morgan fingerprint density at radius 3 is 2.67 bits per heavy atom. The van der Waals surface area contributed by atoms with Gasteiger partial charge in [-0.15, -0.1) is 0 Å². The Morgan fingerprint density at radius 2 is 2.04 bits per heavy atom. The van der Waals surface area contributed by atoms with Gasteiger partial charge in [0.05, 0.1) is 16.4 Å². The molecule has 6 nitrogen and oxygen atoms in total. The van der Waals surface area contributed by atoms with Crippen molar-refractivity contribution in [2.24, 2.45) is 0 Å². The van der Waals surface area contributed by atoms with Crippen LogP contribution < -0.4 is 0 Å². The molecule has 1 aliphatic rings. The van der Waals surface area contributed by atoms with Gasteiger partial charge in [-0.2, -0.15) is 5.10 Å². The molecule has 2 aromatic rings. The first kappa shape index (κ1) is 16.5. The Morgan fingerprint density at radius 1 is 1.33 bits per heavy atom. The van der Waals surface area contributed by atoms with Crippen LogP contribution in [0.5, 0.6) is 0 Å². The van der Waals surface area contributed by atoms with E-state index >= 15 is 0 Å². The number of aromatic nitrogens is 2. The Labute approximate surface area is 144 Å². The zero-order valence-corrected chi connectivity index (χ0v) is 14.2. The molecule has 0 radical (unpaired) electrons. The highest BCUT2D eigenvalue weighted by molar-refractivity contribution is 6.31. The van der Waals surface area contributed by atoms with Crippen molar-refractivity contribution >= 4 is 23.5 Å². The predicted molar refractivity (Wildman–Crippen MR) is 88.9 cm³/mol. The molecule has 1 unspecified atom stereocenters. The minimum Gasteiger partial charge on any atom is -0.479 e. The van der Waals surface area contributed by atoms with Crippen LogP contribution in [-0.2, 0) is 22.6 Å². The number of hydrogen-bond acceptors (Lipinski definition) is 3. The van der Waals surface area contributed by atoms with Crippen LogP contribution in [-0.4, -0.2) is 38.2 Å². The standard InChI is InChI=1S/C17H18ClN3O3/c1-10-15(18)11(2)21(19-10)9-14(22)20-8-7-12-5-3-4-6-13(12)16(20)17(23)24/h3-6,16H,7-9H2,1-2H3,(H,23,24). The van der Waals surface area contributed by atoms with Crippen molar-refractivity contribution in [1.29, 1.82) is 0 Å². The third-order valence-electron chi connectivity index (χ3n) is 4.42. The highest BCUT2D eigenvalue weighted by Gasteiger charge is 2.35. The number of rotatable bonds is 3. The van der Waals surface area contributed by atoms with E-state index in [0.717, 1.165) is 5.56 Å². The third-order valence-corrected chi connectivity index (χ3v) is 4.96. The number of fused-ring (bicyclic) bond motifs is 1. The molecule has 0 aliphatic carbocycles. The summed E-state index contributed by atoms with van der Waals surface area (Å²) < 4.78 is 1.53. The number of carbonyl (C=O) groups excluding carboxylic acids is 1. The summed E-state index contributed by atoms with van der Waals surface area (Å²) in [4.78, 5) is 25.9. The molecule has 1 aliphatic heterocycles. The van der Waals surface area contributed by atoms with Crippen molar-refractivity contribution in [3.63, 3.8) is 0 Å². The molecule has 0 saturated carbocycles. The summed E-state index contributed by atoms with van der Waals surface area (Å²) >= 11 is 6.11. The number of benzene rings is 1. The summed E-state index contributed by atoms with van der Waals surface area (Å²) in [6, 6.07) is 6.40. The van der Waals surface area contributed by atoms with Crippen molar-refractivity contribution in [2.45, 2.75) is 32.9 Å². The fraction of sp³-hybridized carbons (Fsp3) is 0.353. The van der Waals surface area contributed by atoms with Gasteiger partial charge in [0.15, 0.2) is 6.04 Å². The quantitative estimate of drug-likeness (QED) is 0.924. The minimum atomic E-state index is -1.03. The van der Waals surface area contributed by atoms with Crippen molar-refractivity contribution in [3.05, 3.63) is 51.8 Å². The lowest BCUT2D eigenvalue weighted by Crippen LogP contribution is -2.45. The molecule has 0 bridgehead atoms. The first-order chi connectivity index (χ1) is 11.4. The average Bonchev–Trinajstić information content (AvgIpc) is 2.80. The maximum absolute atomic E-state index is 12.7. The van der Waals surface area contributed by atoms with Crippen molar-refractivity contribution in [1.82, 2.24) is 14.7 Å². The fourth-order valence-corrected chi connectivity index (χ4v) is 3.28. The highest BCUT2D eigenvalue weighted by atomic mass is 35.5. The SMILES string of the molecule is Cc1nn(CC(=O)N2CCc3ccccc3C2C(=O)O)c(C)c1Cl. The van der Waals surface area contributed by atoms with Gasteiger partial charge in [-0.3, -0.25) is 9.48 Å². The van der Waals surface area contributed by atoms with Crippen LogP contribution in [0.2, 0.25) is 5.02 Å². The maximum Gasteiger partial charge on any atom is 0.331 e. The number of halogens is 1. The van der Waals surface area contributed by atoms with Crippen LogP contribution in [0.15, 0.2) is 24.3 Å². The predicted octanol–water partition coefficient (Wildman–Crippen LogP) is 2.36. The molecule has 3 rings (SSSR count). The summed E-state index contributed by atoms with van der Waals surface area (Å²) in [7, 11) is 0. The number of aryl methyl sites for hydroxylation is 1. The van der Waals surface area contributed by atoms with E-state index in [-0.39, 0.29) is 12.5 Å². The van der Waals surface area contributed by atoms with E-state index in [1.165, 1.54) is 9.58 Å². The lowest BCUT2D eigenvalue weighted by atomic mass is 9.92. The van der Waals surface area contributed by atoms with Gasteiger partial charge in [-0.05, 0) is 31.4 Å². The second-order valence-corrected chi connectivity index (χ2v) is 6.30. The van der Waals surface area contributed by atoms with E-state index in [4.69, 9.17) is 11.6 Å². The van der Waals surface area contributed by atoms with Gasteiger partial charge in [0.1, 0.15) is 6.54 Å². The lowest BCUT2D eigenvalue weighted by molar-refractivity contribution is -0.151. The summed E-state index contributed by atoms with van der Waals surface area (Å²) in [5, 5.41) is 14.4. The number of carboxylic acid groups (broad SMARTS) is 1. The average molecular weight is 348 g/mol. The zero-order chi connectivity index (χ0) is 17.4. The van der Waals surface area contributed by atoms with E-state index in [9.17, 15) is 14.7 Å². The zero-order valence-electron chi connectivity index (χ0n) is 13.5. The van der Waals surface area contributed by atoms with Crippen LogP contribution in [0.25, 0.3) is 0 Å². The minimum absolute atomic E-state index is 0.0225. The molecule has 0 spiro atoms. The second kappa shape index (κ2) is 6.28. The normalized spacial score (nSPS) is 16.8. The van der Waals surface area contributed by atoms with E-state index in [0.29, 0.717) is 34.9 Å². The number of aliphatic carboxylic acids is 1. The molecule has 1 aromatic carbocycles.